The van der Waals surface area contributed by atoms with Crippen LogP contribution in [0.4, 0.5) is 5.82 Å². The molecule has 1 aromatic rings. The number of piperidine rings is 1. The van der Waals surface area contributed by atoms with E-state index in [0.29, 0.717) is 12.0 Å². The molecule has 0 unspecified atom stereocenters. The maximum atomic E-state index is 5.86. The fourth-order valence-electron chi connectivity index (χ4n) is 3.82. The highest BCUT2D eigenvalue weighted by atomic mass is 15.2. The molecule has 0 amide bonds. The van der Waals surface area contributed by atoms with Gasteiger partial charge >= 0.3 is 0 Å². The topological polar surface area (TPSA) is 42.1 Å². The van der Waals surface area contributed by atoms with E-state index in [1.54, 1.807) is 0 Å². The lowest BCUT2D eigenvalue weighted by Crippen LogP contribution is -2.39. The average molecular weight is 259 g/mol. The van der Waals surface area contributed by atoms with E-state index in [9.17, 15) is 0 Å². The van der Waals surface area contributed by atoms with Crippen LogP contribution in [0.15, 0.2) is 12.1 Å². The Morgan fingerprint density at radius 1 is 1.16 bits per heavy atom. The van der Waals surface area contributed by atoms with Crippen LogP contribution in [0.25, 0.3) is 0 Å². The molecule has 1 saturated carbocycles. The minimum absolute atomic E-state index is 0.588. The highest BCUT2D eigenvalue weighted by Gasteiger charge is 2.37. The summed E-state index contributed by atoms with van der Waals surface area (Å²) >= 11 is 0. The lowest BCUT2D eigenvalue weighted by molar-refractivity contribution is 0.226. The zero-order valence-electron chi connectivity index (χ0n) is 12.0. The summed E-state index contributed by atoms with van der Waals surface area (Å²) in [6.45, 7) is 4.96. The second kappa shape index (κ2) is 5.12. The van der Waals surface area contributed by atoms with E-state index < -0.39 is 0 Å². The van der Waals surface area contributed by atoms with Crippen molar-refractivity contribution < 1.29 is 0 Å². The second-order valence-corrected chi connectivity index (χ2v) is 6.33. The lowest BCUT2D eigenvalue weighted by atomic mass is 9.77. The predicted molar refractivity (Wildman–Crippen MR) is 79.2 cm³/mol. The van der Waals surface area contributed by atoms with E-state index >= 15 is 0 Å². The smallest absolute Gasteiger partial charge is 0.133 e. The maximum Gasteiger partial charge on any atom is 0.133 e. The molecule has 3 nitrogen and oxygen atoms in total. The second-order valence-electron chi connectivity index (χ2n) is 6.33. The van der Waals surface area contributed by atoms with Crippen LogP contribution in [-0.2, 0) is 6.54 Å². The van der Waals surface area contributed by atoms with Gasteiger partial charge in [-0.2, -0.15) is 0 Å². The zero-order chi connectivity index (χ0) is 13.3. The van der Waals surface area contributed by atoms with E-state index in [0.717, 1.165) is 24.6 Å². The highest BCUT2D eigenvalue weighted by Crippen LogP contribution is 2.46. The third kappa shape index (κ3) is 2.48. The molecule has 3 heteroatoms. The summed E-state index contributed by atoms with van der Waals surface area (Å²) < 4.78 is 0. The van der Waals surface area contributed by atoms with Crippen molar-refractivity contribution in [1.82, 2.24) is 4.98 Å². The Morgan fingerprint density at radius 2 is 1.84 bits per heavy atom. The Morgan fingerprint density at radius 3 is 2.47 bits per heavy atom. The number of aryl methyl sites for hydroxylation is 1. The highest BCUT2D eigenvalue weighted by molar-refractivity contribution is 5.48. The minimum atomic E-state index is 0.588. The van der Waals surface area contributed by atoms with E-state index in [2.05, 4.69) is 24.0 Å². The van der Waals surface area contributed by atoms with Gasteiger partial charge in [0.2, 0.25) is 0 Å². The molecule has 0 radical (unpaired) electrons. The van der Waals surface area contributed by atoms with Crippen LogP contribution in [0.1, 0.15) is 49.8 Å². The number of pyridine rings is 1. The van der Waals surface area contributed by atoms with Gasteiger partial charge in [-0.1, -0.05) is 18.9 Å². The van der Waals surface area contributed by atoms with E-state index in [-0.39, 0.29) is 0 Å². The first-order valence-electron chi connectivity index (χ1n) is 7.64. The van der Waals surface area contributed by atoms with Crippen molar-refractivity contribution in [2.75, 3.05) is 18.0 Å². The van der Waals surface area contributed by atoms with Crippen molar-refractivity contribution in [2.24, 2.45) is 11.1 Å². The van der Waals surface area contributed by atoms with Gasteiger partial charge in [0.05, 0.1) is 0 Å². The first kappa shape index (κ1) is 12.9. The maximum absolute atomic E-state index is 5.86. The number of anilines is 1. The first-order chi connectivity index (χ1) is 9.22. The molecule has 3 rings (SSSR count). The summed E-state index contributed by atoms with van der Waals surface area (Å²) in [5.74, 6) is 1.13. The summed E-state index contributed by atoms with van der Waals surface area (Å²) in [4.78, 5) is 7.19. The van der Waals surface area contributed by atoms with Gasteiger partial charge in [0.1, 0.15) is 5.82 Å². The van der Waals surface area contributed by atoms with Gasteiger partial charge < -0.3 is 10.6 Å². The molecular weight excluding hydrogens is 234 g/mol. The summed E-state index contributed by atoms with van der Waals surface area (Å²) in [5, 5.41) is 0. The number of nitrogens with zero attached hydrogens (tertiary/aromatic N) is 2. The first-order valence-corrected chi connectivity index (χ1v) is 7.64. The standard InChI is InChI=1S/C16H25N3/c1-13-4-5-14(12-17)15(18-13)19-10-8-16(9-11-19)6-2-3-7-16/h4-5H,2-3,6-12,17H2,1H3. The fraction of sp³-hybridized carbons (Fsp3) is 0.688. The van der Waals surface area contributed by atoms with Crippen LogP contribution < -0.4 is 10.6 Å². The van der Waals surface area contributed by atoms with E-state index in [4.69, 9.17) is 10.7 Å². The van der Waals surface area contributed by atoms with Crippen LogP contribution in [0.3, 0.4) is 0 Å². The van der Waals surface area contributed by atoms with Crippen molar-refractivity contribution in [3.63, 3.8) is 0 Å². The normalized spacial score (nSPS) is 22.1. The van der Waals surface area contributed by atoms with Crippen LogP contribution in [0, 0.1) is 12.3 Å². The minimum Gasteiger partial charge on any atom is -0.356 e. The van der Waals surface area contributed by atoms with Gasteiger partial charge in [0.15, 0.2) is 0 Å². The van der Waals surface area contributed by atoms with Crippen molar-refractivity contribution >= 4 is 5.82 Å². The molecule has 0 aromatic carbocycles. The largest absolute Gasteiger partial charge is 0.356 e. The van der Waals surface area contributed by atoms with Gasteiger partial charge in [-0.3, -0.25) is 0 Å². The fourth-order valence-corrected chi connectivity index (χ4v) is 3.82. The molecule has 1 saturated heterocycles. The predicted octanol–water partition coefficient (Wildman–Crippen LogP) is 3.01. The Balaban J connectivity index is 1.76. The van der Waals surface area contributed by atoms with Crippen LogP contribution in [-0.4, -0.2) is 18.1 Å². The van der Waals surface area contributed by atoms with Gasteiger partial charge in [-0.25, -0.2) is 4.98 Å². The molecule has 2 fully saturated rings. The molecule has 2 aliphatic rings. The Bertz CT molecular complexity index is 439. The zero-order valence-corrected chi connectivity index (χ0v) is 12.0. The lowest BCUT2D eigenvalue weighted by Gasteiger charge is -2.40. The van der Waals surface area contributed by atoms with Crippen LogP contribution in [0.2, 0.25) is 0 Å². The summed E-state index contributed by atoms with van der Waals surface area (Å²) in [7, 11) is 0. The average Bonchev–Trinajstić information content (AvgIpc) is 2.88. The number of nitrogens with two attached hydrogens (primary N) is 1. The quantitative estimate of drug-likeness (QED) is 0.887. The van der Waals surface area contributed by atoms with Gasteiger partial charge in [-0.05, 0) is 44.1 Å². The van der Waals surface area contributed by atoms with Crippen molar-refractivity contribution in [2.45, 2.75) is 52.0 Å². The molecule has 0 atom stereocenters. The molecule has 1 aromatic heterocycles. The number of aromatic nitrogens is 1. The molecule has 2 N–H and O–H groups in total. The van der Waals surface area contributed by atoms with Crippen molar-refractivity contribution in [3.8, 4) is 0 Å². The Labute approximate surface area is 116 Å². The third-order valence-electron chi connectivity index (χ3n) is 5.10. The van der Waals surface area contributed by atoms with Gasteiger partial charge in [0, 0.05) is 30.9 Å². The van der Waals surface area contributed by atoms with Gasteiger partial charge in [-0.15, -0.1) is 0 Å². The monoisotopic (exact) mass is 259 g/mol. The molecule has 1 spiro atoms. The molecular formula is C16H25N3. The van der Waals surface area contributed by atoms with Crippen LogP contribution >= 0.6 is 0 Å². The molecule has 19 heavy (non-hydrogen) atoms. The van der Waals surface area contributed by atoms with Gasteiger partial charge in [0.25, 0.3) is 0 Å². The third-order valence-corrected chi connectivity index (χ3v) is 5.10. The molecule has 0 bridgehead atoms. The SMILES string of the molecule is Cc1ccc(CN)c(N2CCC3(CCCC3)CC2)n1. The number of rotatable bonds is 2. The van der Waals surface area contributed by atoms with Crippen LogP contribution in [0.5, 0.6) is 0 Å². The molecule has 1 aliphatic heterocycles. The van der Waals surface area contributed by atoms with E-state index in [1.165, 1.54) is 44.1 Å². The number of hydrogen-bond donors (Lipinski definition) is 1. The molecule has 1 aliphatic carbocycles. The van der Waals surface area contributed by atoms with Crippen molar-refractivity contribution in [1.29, 1.82) is 0 Å². The van der Waals surface area contributed by atoms with E-state index in [1.807, 2.05) is 0 Å². The van der Waals surface area contributed by atoms with Crippen molar-refractivity contribution in [3.05, 3.63) is 23.4 Å². The summed E-state index contributed by atoms with van der Waals surface area (Å²) in [6, 6.07) is 4.20. The summed E-state index contributed by atoms with van der Waals surface area (Å²) in [6.07, 6.45) is 8.46. The Kier molecular flexibility index (Phi) is 3.48. The summed E-state index contributed by atoms with van der Waals surface area (Å²) in [5.41, 5.74) is 8.81. The molecule has 104 valence electrons. The number of hydrogen-bond acceptors (Lipinski definition) is 3. The molecule has 2 heterocycles. The Hall–Kier alpha value is -1.09.